The summed E-state index contributed by atoms with van der Waals surface area (Å²) in [5.41, 5.74) is 4.66. The first-order valence-corrected chi connectivity index (χ1v) is 12.5. The molecule has 0 radical (unpaired) electrons. The van der Waals surface area contributed by atoms with Gasteiger partial charge in [0, 0.05) is 11.4 Å². The van der Waals surface area contributed by atoms with E-state index in [4.69, 9.17) is 9.47 Å². The van der Waals surface area contributed by atoms with E-state index in [1.54, 1.807) is 19.1 Å². The van der Waals surface area contributed by atoms with Gasteiger partial charge in [0.05, 0.1) is 12.0 Å². The zero-order valence-corrected chi connectivity index (χ0v) is 21.1. The fourth-order valence-electron chi connectivity index (χ4n) is 3.76. The number of esters is 1. The van der Waals surface area contributed by atoms with E-state index < -0.39 is 21.9 Å². The standard InChI is InChI=1S/C26H30N2O5S/c1-7-22(26(29)32-6)33-20-9-11-21(12-10-20)34(30,31)23-13-8-19(5)27-25(23)28-24-17(3)14-16(2)15-18(24)4/h8-15,22H,7H2,1-6H3,(H,27,28). The maximum Gasteiger partial charge on any atom is 0.347 e. The Bertz CT molecular complexity index is 1280. The molecule has 0 saturated carbocycles. The lowest BCUT2D eigenvalue weighted by Crippen LogP contribution is -2.27. The third-order valence-electron chi connectivity index (χ3n) is 5.45. The predicted molar refractivity (Wildman–Crippen MR) is 132 cm³/mol. The zero-order valence-electron chi connectivity index (χ0n) is 20.3. The van der Waals surface area contributed by atoms with Crippen molar-refractivity contribution < 1.29 is 22.7 Å². The molecule has 0 amide bonds. The van der Waals surface area contributed by atoms with Gasteiger partial charge in [-0.2, -0.15) is 0 Å². The third-order valence-corrected chi connectivity index (χ3v) is 7.26. The number of sulfone groups is 1. The fraction of sp³-hybridized carbons (Fsp3) is 0.308. The quantitative estimate of drug-likeness (QED) is 0.440. The number of hydrogen-bond donors (Lipinski definition) is 1. The number of ether oxygens (including phenoxy) is 2. The summed E-state index contributed by atoms with van der Waals surface area (Å²) in [6, 6.07) is 13.3. The number of nitrogens with zero attached hydrogens (tertiary/aromatic N) is 1. The van der Waals surface area contributed by atoms with Crippen molar-refractivity contribution in [1.82, 2.24) is 4.98 Å². The zero-order chi connectivity index (χ0) is 25.0. The molecule has 1 heterocycles. The first-order chi connectivity index (χ1) is 16.1. The van der Waals surface area contributed by atoms with Crippen LogP contribution >= 0.6 is 0 Å². The number of rotatable bonds is 8. The average Bonchev–Trinajstić information content (AvgIpc) is 2.79. The molecule has 34 heavy (non-hydrogen) atoms. The topological polar surface area (TPSA) is 94.6 Å². The Kier molecular flexibility index (Phi) is 7.61. The first kappa shape index (κ1) is 25.2. The monoisotopic (exact) mass is 482 g/mol. The van der Waals surface area contributed by atoms with Crippen molar-refractivity contribution in [2.45, 2.75) is 56.9 Å². The Morgan fingerprint density at radius 3 is 2.18 bits per heavy atom. The Balaban J connectivity index is 1.96. The van der Waals surface area contributed by atoms with Crippen LogP contribution in [0.15, 0.2) is 58.3 Å². The molecule has 1 atom stereocenters. The van der Waals surface area contributed by atoms with Gasteiger partial charge in [0.25, 0.3) is 0 Å². The van der Waals surface area contributed by atoms with Gasteiger partial charge in [0.1, 0.15) is 16.5 Å². The fourth-order valence-corrected chi connectivity index (χ4v) is 5.11. The predicted octanol–water partition coefficient (Wildman–Crippen LogP) is 5.22. The molecule has 0 aliphatic rings. The number of carbonyl (C=O) groups is 1. The largest absolute Gasteiger partial charge is 0.479 e. The van der Waals surface area contributed by atoms with Crippen LogP contribution in [-0.2, 0) is 19.4 Å². The van der Waals surface area contributed by atoms with Gasteiger partial charge in [-0.3, -0.25) is 0 Å². The summed E-state index contributed by atoms with van der Waals surface area (Å²) < 4.78 is 37.4. The van der Waals surface area contributed by atoms with Crippen LogP contribution in [-0.4, -0.2) is 32.6 Å². The number of aromatic nitrogens is 1. The van der Waals surface area contributed by atoms with Gasteiger partial charge in [-0.25, -0.2) is 18.2 Å². The second kappa shape index (κ2) is 10.3. The molecule has 1 aromatic heterocycles. The van der Waals surface area contributed by atoms with Crippen LogP contribution in [0.3, 0.4) is 0 Å². The number of aryl methyl sites for hydroxylation is 4. The second-order valence-corrected chi connectivity index (χ2v) is 10.1. The first-order valence-electron chi connectivity index (χ1n) is 11.0. The summed E-state index contributed by atoms with van der Waals surface area (Å²) in [6.45, 7) is 9.59. The molecule has 0 aliphatic carbocycles. The Labute approximate surface area is 201 Å². The molecule has 3 aromatic rings. The van der Waals surface area contributed by atoms with Gasteiger partial charge in [-0.05, 0) is 81.6 Å². The number of hydrogen-bond acceptors (Lipinski definition) is 7. The van der Waals surface area contributed by atoms with E-state index >= 15 is 0 Å². The van der Waals surface area contributed by atoms with Crippen molar-refractivity contribution in [3.8, 4) is 5.75 Å². The van der Waals surface area contributed by atoms with Crippen molar-refractivity contribution in [3.05, 3.63) is 70.9 Å². The lowest BCUT2D eigenvalue weighted by atomic mass is 10.1. The van der Waals surface area contributed by atoms with Gasteiger partial charge in [-0.15, -0.1) is 0 Å². The van der Waals surface area contributed by atoms with Crippen LogP contribution in [0, 0.1) is 27.7 Å². The molecule has 3 rings (SSSR count). The Hall–Kier alpha value is -3.39. The Morgan fingerprint density at radius 2 is 1.62 bits per heavy atom. The van der Waals surface area contributed by atoms with Gasteiger partial charge in [-0.1, -0.05) is 24.6 Å². The van der Waals surface area contributed by atoms with E-state index in [1.807, 2.05) is 39.8 Å². The molecule has 1 unspecified atom stereocenters. The van der Waals surface area contributed by atoms with Crippen molar-refractivity contribution in [3.63, 3.8) is 0 Å². The van der Waals surface area contributed by atoms with Gasteiger partial charge < -0.3 is 14.8 Å². The highest BCUT2D eigenvalue weighted by Gasteiger charge is 2.24. The summed E-state index contributed by atoms with van der Waals surface area (Å²) >= 11 is 0. The van der Waals surface area contributed by atoms with Crippen LogP contribution in [0.25, 0.3) is 0 Å². The summed E-state index contributed by atoms with van der Waals surface area (Å²) in [6.07, 6.45) is -0.334. The van der Waals surface area contributed by atoms with Gasteiger partial charge in [0.2, 0.25) is 9.84 Å². The van der Waals surface area contributed by atoms with Crippen molar-refractivity contribution in [1.29, 1.82) is 0 Å². The number of anilines is 2. The van der Waals surface area contributed by atoms with E-state index in [-0.39, 0.29) is 15.6 Å². The minimum absolute atomic E-state index is 0.0761. The van der Waals surface area contributed by atoms with E-state index in [2.05, 4.69) is 10.3 Å². The third kappa shape index (κ3) is 5.39. The molecular formula is C26H30N2O5S. The average molecular weight is 483 g/mol. The summed E-state index contributed by atoms with van der Waals surface area (Å²) in [5, 5.41) is 3.25. The highest BCUT2D eigenvalue weighted by atomic mass is 32.2. The normalized spacial score (nSPS) is 12.2. The summed E-state index contributed by atoms with van der Waals surface area (Å²) in [4.78, 5) is 16.4. The summed E-state index contributed by atoms with van der Waals surface area (Å²) in [5.74, 6) is 0.164. The summed E-state index contributed by atoms with van der Waals surface area (Å²) in [7, 11) is -2.59. The lowest BCUT2D eigenvalue weighted by molar-refractivity contribution is -0.148. The molecule has 0 saturated heterocycles. The smallest absolute Gasteiger partial charge is 0.347 e. The Morgan fingerprint density at radius 1 is 1.00 bits per heavy atom. The van der Waals surface area contributed by atoms with E-state index in [0.29, 0.717) is 17.9 Å². The van der Waals surface area contributed by atoms with Crippen LogP contribution in [0.1, 0.15) is 35.7 Å². The number of nitrogens with one attached hydrogen (secondary N) is 1. The number of carbonyl (C=O) groups excluding carboxylic acids is 1. The molecule has 2 aromatic carbocycles. The molecule has 0 spiro atoms. The van der Waals surface area contributed by atoms with Crippen molar-refractivity contribution >= 4 is 27.3 Å². The van der Waals surface area contributed by atoms with Gasteiger partial charge in [0.15, 0.2) is 6.10 Å². The molecule has 8 heteroatoms. The maximum atomic E-state index is 13.5. The van der Waals surface area contributed by atoms with Gasteiger partial charge >= 0.3 is 5.97 Å². The van der Waals surface area contributed by atoms with Crippen molar-refractivity contribution in [2.75, 3.05) is 12.4 Å². The SMILES string of the molecule is CCC(Oc1ccc(S(=O)(=O)c2ccc(C)nc2Nc2c(C)cc(C)cc2C)cc1)C(=O)OC. The molecule has 0 bridgehead atoms. The highest BCUT2D eigenvalue weighted by molar-refractivity contribution is 7.91. The molecule has 0 fully saturated rings. The lowest BCUT2D eigenvalue weighted by Gasteiger charge is -2.17. The minimum atomic E-state index is -3.88. The molecule has 7 nitrogen and oxygen atoms in total. The van der Waals surface area contributed by atoms with E-state index in [0.717, 1.165) is 22.4 Å². The number of benzene rings is 2. The second-order valence-electron chi connectivity index (χ2n) is 8.21. The number of pyridine rings is 1. The van der Waals surface area contributed by atoms with E-state index in [1.165, 1.54) is 31.4 Å². The van der Waals surface area contributed by atoms with Crippen LogP contribution in [0.2, 0.25) is 0 Å². The molecular weight excluding hydrogens is 452 g/mol. The highest BCUT2D eigenvalue weighted by Crippen LogP contribution is 2.32. The maximum absolute atomic E-state index is 13.5. The van der Waals surface area contributed by atoms with Crippen LogP contribution in [0.4, 0.5) is 11.5 Å². The van der Waals surface area contributed by atoms with Crippen LogP contribution in [0.5, 0.6) is 5.75 Å². The molecule has 1 N–H and O–H groups in total. The molecule has 0 aliphatic heterocycles. The van der Waals surface area contributed by atoms with E-state index in [9.17, 15) is 13.2 Å². The van der Waals surface area contributed by atoms with Crippen molar-refractivity contribution in [2.24, 2.45) is 0 Å². The molecule has 180 valence electrons. The minimum Gasteiger partial charge on any atom is -0.479 e. The number of methoxy groups -OCH3 is 1. The van der Waals surface area contributed by atoms with Crippen LogP contribution < -0.4 is 10.1 Å².